The number of aromatic nitrogens is 1. The summed E-state index contributed by atoms with van der Waals surface area (Å²) in [6.07, 6.45) is 1.76. The lowest BCUT2D eigenvalue weighted by Gasteiger charge is -2.26. The molecule has 1 amide bonds. The molecule has 7 nitrogen and oxygen atoms in total. The predicted molar refractivity (Wildman–Crippen MR) is 144 cm³/mol. The number of amides is 1. The minimum absolute atomic E-state index is 0.0612. The van der Waals surface area contributed by atoms with Crippen molar-refractivity contribution in [3.8, 4) is 11.3 Å². The van der Waals surface area contributed by atoms with Crippen molar-refractivity contribution in [2.24, 2.45) is 0 Å². The Balaban J connectivity index is 1.53. The third kappa shape index (κ3) is 4.83. The van der Waals surface area contributed by atoms with Gasteiger partial charge in [-0.1, -0.05) is 48.0 Å². The van der Waals surface area contributed by atoms with Crippen LogP contribution in [0.15, 0.2) is 89.5 Å². The van der Waals surface area contributed by atoms with Gasteiger partial charge in [-0.15, -0.1) is 0 Å². The zero-order valence-corrected chi connectivity index (χ0v) is 20.9. The second-order valence-corrected chi connectivity index (χ2v) is 9.00. The van der Waals surface area contributed by atoms with Crippen LogP contribution in [-0.4, -0.2) is 29.7 Å². The van der Waals surface area contributed by atoms with Gasteiger partial charge in [-0.05, 0) is 54.7 Å². The highest BCUT2D eigenvalue weighted by Crippen LogP contribution is 2.44. The Morgan fingerprint density at radius 3 is 2.67 bits per heavy atom. The summed E-state index contributed by atoms with van der Waals surface area (Å²) in [5, 5.41) is 7.05. The SMILES string of the molecule is COCC(=O)Nc1ccc(N2C(=S)N[C@@H](c3ccccn3)[C@@H]2c2ccc(-c3ccccc3)o2)cc1Cl. The van der Waals surface area contributed by atoms with E-state index >= 15 is 0 Å². The monoisotopic (exact) mass is 518 g/mol. The topological polar surface area (TPSA) is 79.6 Å². The van der Waals surface area contributed by atoms with Crippen LogP contribution in [0.4, 0.5) is 11.4 Å². The maximum atomic E-state index is 12.0. The lowest BCUT2D eigenvalue weighted by Crippen LogP contribution is -2.29. The van der Waals surface area contributed by atoms with E-state index in [4.69, 9.17) is 33.0 Å². The molecule has 36 heavy (non-hydrogen) atoms. The minimum Gasteiger partial charge on any atom is -0.459 e. The summed E-state index contributed by atoms with van der Waals surface area (Å²) in [4.78, 5) is 18.5. The highest BCUT2D eigenvalue weighted by molar-refractivity contribution is 7.80. The van der Waals surface area contributed by atoms with Crippen molar-refractivity contribution in [1.29, 1.82) is 0 Å². The third-order valence-electron chi connectivity index (χ3n) is 5.86. The Labute approximate surface area is 219 Å². The van der Waals surface area contributed by atoms with Gasteiger partial charge in [-0.25, -0.2) is 0 Å². The van der Waals surface area contributed by atoms with E-state index in [-0.39, 0.29) is 24.6 Å². The molecule has 2 aromatic heterocycles. The molecule has 0 unspecified atom stereocenters. The Morgan fingerprint density at radius 1 is 1.14 bits per heavy atom. The molecule has 0 spiro atoms. The lowest BCUT2D eigenvalue weighted by atomic mass is 10.0. The standard InChI is InChI=1S/C27H23ClN4O3S/c1-34-16-24(33)30-20-11-10-18(15-19(20)28)32-26(25(31-27(32)36)21-9-5-6-14-29-21)23-13-12-22(35-23)17-7-3-2-4-8-17/h2-15,25-26H,16H2,1H3,(H,30,33)(H,31,36)/t25-,26-/m0/s1. The molecular weight excluding hydrogens is 496 g/mol. The number of nitrogens with one attached hydrogen (secondary N) is 2. The van der Waals surface area contributed by atoms with Crippen LogP contribution in [0.25, 0.3) is 11.3 Å². The van der Waals surface area contributed by atoms with Gasteiger partial charge in [0.25, 0.3) is 0 Å². The number of carbonyl (C=O) groups is 1. The Kier molecular flexibility index (Phi) is 6.99. The number of rotatable bonds is 7. The number of nitrogens with zero attached hydrogens (tertiary/aromatic N) is 2. The fourth-order valence-corrected chi connectivity index (χ4v) is 4.83. The number of thiocarbonyl (C=S) groups is 1. The van der Waals surface area contributed by atoms with Gasteiger partial charge in [0.05, 0.1) is 22.4 Å². The number of hydrogen-bond donors (Lipinski definition) is 2. The van der Waals surface area contributed by atoms with Crippen molar-refractivity contribution in [3.63, 3.8) is 0 Å². The van der Waals surface area contributed by atoms with Crippen LogP contribution in [0.5, 0.6) is 0 Å². The summed E-state index contributed by atoms with van der Waals surface area (Å²) in [6, 6.07) is 24.4. The molecule has 0 bridgehead atoms. The number of methoxy groups -OCH3 is 1. The molecule has 1 aliphatic rings. The maximum Gasteiger partial charge on any atom is 0.250 e. The fraction of sp³-hybridized carbons (Fsp3) is 0.148. The molecule has 9 heteroatoms. The molecule has 1 saturated heterocycles. The molecule has 182 valence electrons. The Morgan fingerprint density at radius 2 is 1.94 bits per heavy atom. The zero-order chi connectivity index (χ0) is 25.1. The van der Waals surface area contributed by atoms with Crippen molar-refractivity contribution >= 4 is 46.2 Å². The first-order valence-electron chi connectivity index (χ1n) is 11.3. The predicted octanol–water partition coefficient (Wildman–Crippen LogP) is 5.76. The van der Waals surface area contributed by atoms with Gasteiger partial charge in [0.1, 0.15) is 24.2 Å². The number of benzene rings is 2. The molecule has 2 N–H and O–H groups in total. The number of pyridine rings is 1. The summed E-state index contributed by atoms with van der Waals surface area (Å²) >= 11 is 12.3. The van der Waals surface area contributed by atoms with E-state index in [1.165, 1.54) is 7.11 Å². The van der Waals surface area contributed by atoms with Gasteiger partial charge in [-0.3, -0.25) is 9.78 Å². The van der Waals surface area contributed by atoms with Crippen molar-refractivity contribution < 1.29 is 13.9 Å². The highest BCUT2D eigenvalue weighted by Gasteiger charge is 2.42. The first kappa shape index (κ1) is 24.0. The van der Waals surface area contributed by atoms with Crippen molar-refractivity contribution in [2.45, 2.75) is 12.1 Å². The first-order valence-corrected chi connectivity index (χ1v) is 12.1. The van der Waals surface area contributed by atoms with Gasteiger partial charge < -0.3 is 24.7 Å². The van der Waals surface area contributed by atoms with E-state index < -0.39 is 0 Å². The third-order valence-corrected chi connectivity index (χ3v) is 6.48. The van der Waals surface area contributed by atoms with Crippen LogP contribution in [0.1, 0.15) is 23.5 Å². The summed E-state index contributed by atoms with van der Waals surface area (Å²) < 4.78 is 11.2. The number of hydrogen-bond acceptors (Lipinski definition) is 5. The van der Waals surface area contributed by atoms with Crippen LogP contribution >= 0.6 is 23.8 Å². The van der Waals surface area contributed by atoms with Crippen molar-refractivity contribution in [3.05, 3.63) is 102 Å². The van der Waals surface area contributed by atoms with Gasteiger partial charge >= 0.3 is 0 Å². The minimum atomic E-state index is -0.324. The number of halogens is 1. The molecule has 0 aliphatic carbocycles. The smallest absolute Gasteiger partial charge is 0.250 e. The van der Waals surface area contributed by atoms with Crippen LogP contribution < -0.4 is 15.5 Å². The van der Waals surface area contributed by atoms with E-state index in [0.29, 0.717) is 15.8 Å². The Hall–Kier alpha value is -3.72. The van der Waals surface area contributed by atoms with Crippen LogP contribution in [0, 0.1) is 0 Å². The average molecular weight is 519 g/mol. The van der Waals surface area contributed by atoms with E-state index in [1.54, 1.807) is 18.3 Å². The average Bonchev–Trinajstić information content (AvgIpc) is 3.51. The lowest BCUT2D eigenvalue weighted by molar-refractivity contribution is -0.119. The van der Waals surface area contributed by atoms with E-state index in [0.717, 1.165) is 28.5 Å². The van der Waals surface area contributed by atoms with Gasteiger partial charge in [0.2, 0.25) is 5.91 Å². The van der Waals surface area contributed by atoms with E-state index in [1.807, 2.05) is 71.6 Å². The molecule has 2 atom stereocenters. The molecule has 1 fully saturated rings. The normalized spacial score (nSPS) is 17.2. The molecule has 0 saturated carbocycles. The summed E-state index contributed by atoms with van der Waals surface area (Å²) in [7, 11) is 1.46. The van der Waals surface area contributed by atoms with Crippen LogP contribution in [-0.2, 0) is 9.53 Å². The second kappa shape index (κ2) is 10.5. The second-order valence-electron chi connectivity index (χ2n) is 8.21. The van der Waals surface area contributed by atoms with E-state index in [9.17, 15) is 4.79 Å². The summed E-state index contributed by atoms with van der Waals surface area (Å²) in [5.74, 6) is 1.20. The maximum absolute atomic E-state index is 12.0. The molecule has 1 aliphatic heterocycles. The molecule has 3 heterocycles. The van der Waals surface area contributed by atoms with Gasteiger partial charge in [0.15, 0.2) is 5.11 Å². The summed E-state index contributed by atoms with van der Waals surface area (Å²) in [6.45, 7) is -0.0612. The molecule has 4 aromatic rings. The van der Waals surface area contributed by atoms with Crippen LogP contribution in [0.3, 0.4) is 0 Å². The van der Waals surface area contributed by atoms with Crippen molar-refractivity contribution in [1.82, 2.24) is 10.3 Å². The largest absolute Gasteiger partial charge is 0.459 e. The van der Waals surface area contributed by atoms with Gasteiger partial charge in [-0.2, -0.15) is 0 Å². The quantitative estimate of drug-likeness (QED) is 0.301. The first-order chi connectivity index (χ1) is 17.5. The number of carbonyl (C=O) groups excluding carboxylic acids is 1. The van der Waals surface area contributed by atoms with Gasteiger partial charge in [0, 0.05) is 24.6 Å². The fourth-order valence-electron chi connectivity index (χ4n) is 4.26. The molecule has 0 radical (unpaired) electrons. The number of ether oxygens (including phenoxy) is 1. The number of furan rings is 1. The van der Waals surface area contributed by atoms with Crippen molar-refractivity contribution in [2.75, 3.05) is 23.9 Å². The molecular formula is C27H23ClN4O3S. The summed E-state index contributed by atoms with van der Waals surface area (Å²) in [5.41, 5.74) is 3.06. The number of anilines is 2. The molecule has 5 rings (SSSR count). The molecule has 2 aromatic carbocycles. The highest BCUT2D eigenvalue weighted by atomic mass is 35.5. The van der Waals surface area contributed by atoms with E-state index in [2.05, 4.69) is 15.6 Å². The zero-order valence-electron chi connectivity index (χ0n) is 19.4. The Bertz CT molecular complexity index is 1380. The van der Waals surface area contributed by atoms with Crippen LogP contribution in [0.2, 0.25) is 5.02 Å².